The van der Waals surface area contributed by atoms with Crippen LogP contribution in [0, 0.1) is 0 Å². The van der Waals surface area contributed by atoms with Gasteiger partial charge in [0.2, 0.25) is 5.91 Å². The quantitative estimate of drug-likeness (QED) is 0.817. The van der Waals surface area contributed by atoms with Crippen molar-refractivity contribution in [1.82, 2.24) is 0 Å². The fraction of sp³-hybridized carbons (Fsp3) is 0.188. The molecule has 0 fully saturated rings. The van der Waals surface area contributed by atoms with E-state index in [-0.39, 0.29) is 5.91 Å². The molecule has 0 aliphatic carbocycles. The summed E-state index contributed by atoms with van der Waals surface area (Å²) in [5.41, 5.74) is 3.03. The number of hydrogen-bond donors (Lipinski definition) is 2. The average molecular weight is 286 g/mol. The molecular formula is C16H18N2OS. The third kappa shape index (κ3) is 4.31. The van der Waals surface area contributed by atoms with E-state index in [2.05, 4.69) is 41.2 Å². The van der Waals surface area contributed by atoms with Gasteiger partial charge in [-0.3, -0.25) is 4.79 Å². The zero-order valence-corrected chi connectivity index (χ0v) is 12.5. The summed E-state index contributed by atoms with van der Waals surface area (Å²) in [6.45, 7) is 2.27. The number of hydrogen-bond acceptors (Lipinski definition) is 3. The van der Waals surface area contributed by atoms with Crippen molar-refractivity contribution >= 4 is 29.0 Å². The van der Waals surface area contributed by atoms with Crippen molar-refractivity contribution < 1.29 is 4.79 Å². The van der Waals surface area contributed by atoms with E-state index in [0.29, 0.717) is 0 Å². The van der Waals surface area contributed by atoms with E-state index >= 15 is 0 Å². The Morgan fingerprint density at radius 1 is 1.10 bits per heavy atom. The second-order valence-electron chi connectivity index (χ2n) is 4.46. The van der Waals surface area contributed by atoms with Crippen LogP contribution in [0.1, 0.15) is 12.5 Å². The van der Waals surface area contributed by atoms with Crippen LogP contribution in [0.2, 0.25) is 0 Å². The number of rotatable bonds is 5. The Hall–Kier alpha value is -1.94. The molecular weight excluding hydrogens is 268 g/mol. The summed E-state index contributed by atoms with van der Waals surface area (Å²) < 4.78 is 0. The van der Waals surface area contributed by atoms with Crippen molar-refractivity contribution in [2.24, 2.45) is 0 Å². The van der Waals surface area contributed by atoms with Crippen LogP contribution in [0.5, 0.6) is 0 Å². The molecule has 104 valence electrons. The SMILES string of the molecule is CSc1ccc(CNc2cccc(NC(C)=O)c2)cc1. The molecule has 2 N–H and O–H groups in total. The highest BCUT2D eigenvalue weighted by molar-refractivity contribution is 7.98. The van der Waals surface area contributed by atoms with Gasteiger partial charge in [-0.2, -0.15) is 0 Å². The number of carbonyl (C=O) groups is 1. The van der Waals surface area contributed by atoms with Crippen molar-refractivity contribution in [2.75, 3.05) is 16.9 Å². The first kappa shape index (κ1) is 14.5. The zero-order chi connectivity index (χ0) is 14.4. The van der Waals surface area contributed by atoms with Crippen molar-refractivity contribution in [2.45, 2.75) is 18.4 Å². The number of nitrogens with one attached hydrogen (secondary N) is 2. The standard InChI is InChI=1S/C16H18N2OS/c1-12(19)18-15-5-3-4-14(10-15)17-11-13-6-8-16(20-2)9-7-13/h3-10,17H,11H2,1-2H3,(H,18,19). The third-order valence-electron chi connectivity index (χ3n) is 2.84. The van der Waals surface area contributed by atoms with E-state index in [1.54, 1.807) is 11.8 Å². The maximum absolute atomic E-state index is 11.0. The smallest absolute Gasteiger partial charge is 0.221 e. The van der Waals surface area contributed by atoms with Gasteiger partial charge in [-0.1, -0.05) is 18.2 Å². The van der Waals surface area contributed by atoms with Crippen LogP contribution in [-0.2, 0) is 11.3 Å². The topological polar surface area (TPSA) is 41.1 Å². The monoisotopic (exact) mass is 286 g/mol. The summed E-state index contributed by atoms with van der Waals surface area (Å²) in [7, 11) is 0. The summed E-state index contributed by atoms with van der Waals surface area (Å²) in [5.74, 6) is -0.0604. The number of benzene rings is 2. The molecule has 0 saturated carbocycles. The highest BCUT2D eigenvalue weighted by atomic mass is 32.2. The van der Waals surface area contributed by atoms with Gasteiger partial charge in [0, 0.05) is 29.7 Å². The second kappa shape index (κ2) is 7.01. The van der Waals surface area contributed by atoms with Gasteiger partial charge in [0.05, 0.1) is 0 Å². The van der Waals surface area contributed by atoms with Crippen LogP contribution >= 0.6 is 11.8 Å². The molecule has 3 nitrogen and oxygen atoms in total. The Morgan fingerprint density at radius 3 is 2.45 bits per heavy atom. The lowest BCUT2D eigenvalue weighted by Crippen LogP contribution is -2.06. The van der Waals surface area contributed by atoms with Gasteiger partial charge in [0.15, 0.2) is 0 Å². The molecule has 0 aliphatic heterocycles. The second-order valence-corrected chi connectivity index (χ2v) is 5.34. The molecule has 4 heteroatoms. The van der Waals surface area contributed by atoms with Gasteiger partial charge < -0.3 is 10.6 Å². The molecule has 2 aromatic rings. The molecule has 0 atom stereocenters. The maximum atomic E-state index is 11.0. The van der Waals surface area contributed by atoms with Crippen LogP contribution in [0.4, 0.5) is 11.4 Å². The van der Waals surface area contributed by atoms with Crippen LogP contribution in [-0.4, -0.2) is 12.2 Å². The molecule has 0 radical (unpaired) electrons. The van der Waals surface area contributed by atoms with E-state index in [9.17, 15) is 4.79 Å². The van der Waals surface area contributed by atoms with E-state index in [0.717, 1.165) is 17.9 Å². The van der Waals surface area contributed by atoms with Crippen LogP contribution in [0.3, 0.4) is 0 Å². The average Bonchev–Trinajstić information content (AvgIpc) is 2.45. The fourth-order valence-corrected chi connectivity index (χ4v) is 2.27. The minimum absolute atomic E-state index is 0.0604. The van der Waals surface area contributed by atoms with Gasteiger partial charge in [-0.05, 0) is 42.2 Å². The van der Waals surface area contributed by atoms with Gasteiger partial charge >= 0.3 is 0 Å². The molecule has 20 heavy (non-hydrogen) atoms. The summed E-state index contributed by atoms with van der Waals surface area (Å²) in [4.78, 5) is 12.3. The van der Waals surface area contributed by atoms with Crippen molar-refractivity contribution in [3.05, 3.63) is 54.1 Å². The van der Waals surface area contributed by atoms with Crippen molar-refractivity contribution in [3.63, 3.8) is 0 Å². The van der Waals surface area contributed by atoms with Gasteiger partial charge in [0.25, 0.3) is 0 Å². The lowest BCUT2D eigenvalue weighted by molar-refractivity contribution is -0.114. The number of thioether (sulfide) groups is 1. The zero-order valence-electron chi connectivity index (χ0n) is 11.6. The first-order valence-corrected chi connectivity index (χ1v) is 7.64. The van der Waals surface area contributed by atoms with Crippen molar-refractivity contribution in [3.8, 4) is 0 Å². The lowest BCUT2D eigenvalue weighted by atomic mass is 10.2. The molecule has 0 unspecified atom stereocenters. The Kier molecular flexibility index (Phi) is 5.07. The van der Waals surface area contributed by atoms with E-state index in [1.165, 1.54) is 17.4 Å². The highest BCUT2D eigenvalue weighted by Gasteiger charge is 1.98. The molecule has 0 bridgehead atoms. The maximum Gasteiger partial charge on any atom is 0.221 e. The minimum Gasteiger partial charge on any atom is -0.381 e. The Balaban J connectivity index is 1.97. The summed E-state index contributed by atoms with van der Waals surface area (Å²) in [6.07, 6.45) is 2.07. The normalized spacial score (nSPS) is 10.1. The predicted molar refractivity (Wildman–Crippen MR) is 86.3 cm³/mol. The lowest BCUT2D eigenvalue weighted by Gasteiger charge is -2.09. The highest BCUT2D eigenvalue weighted by Crippen LogP contribution is 2.18. The van der Waals surface area contributed by atoms with Gasteiger partial charge in [0.1, 0.15) is 0 Å². The first-order valence-electron chi connectivity index (χ1n) is 6.42. The summed E-state index contributed by atoms with van der Waals surface area (Å²) in [6, 6.07) is 16.2. The summed E-state index contributed by atoms with van der Waals surface area (Å²) >= 11 is 1.74. The molecule has 1 amide bonds. The largest absolute Gasteiger partial charge is 0.381 e. The van der Waals surface area contributed by atoms with E-state index in [4.69, 9.17) is 0 Å². The number of amides is 1. The van der Waals surface area contributed by atoms with Crippen LogP contribution in [0.25, 0.3) is 0 Å². The molecule has 0 spiro atoms. The molecule has 0 saturated heterocycles. The van der Waals surface area contributed by atoms with Gasteiger partial charge in [-0.15, -0.1) is 11.8 Å². The van der Waals surface area contributed by atoms with E-state index < -0.39 is 0 Å². The molecule has 0 aliphatic rings. The molecule has 2 aromatic carbocycles. The van der Waals surface area contributed by atoms with E-state index in [1.807, 2.05) is 24.3 Å². The number of carbonyl (C=O) groups excluding carboxylic acids is 1. The third-order valence-corrected chi connectivity index (χ3v) is 3.58. The Morgan fingerprint density at radius 2 is 1.80 bits per heavy atom. The van der Waals surface area contributed by atoms with Gasteiger partial charge in [-0.25, -0.2) is 0 Å². The van der Waals surface area contributed by atoms with Crippen molar-refractivity contribution in [1.29, 1.82) is 0 Å². The fourth-order valence-electron chi connectivity index (χ4n) is 1.86. The Bertz CT molecular complexity index is 581. The summed E-state index contributed by atoms with van der Waals surface area (Å²) in [5, 5.41) is 6.13. The predicted octanol–water partition coefficient (Wildman–Crippen LogP) is 3.98. The minimum atomic E-state index is -0.0604. The first-order chi connectivity index (χ1) is 9.67. The van der Waals surface area contributed by atoms with Crippen LogP contribution < -0.4 is 10.6 Å². The molecule has 0 aromatic heterocycles. The number of anilines is 2. The molecule has 2 rings (SSSR count). The molecule has 0 heterocycles. The van der Waals surface area contributed by atoms with Crippen LogP contribution in [0.15, 0.2) is 53.4 Å². The Labute approximate surface area is 123 Å².